The average Bonchev–Trinajstić information content (AvgIpc) is 3.01. The smallest absolute Gasteiger partial charge is 0.272 e. The molecule has 1 aromatic heterocycles. The van der Waals surface area contributed by atoms with E-state index in [9.17, 15) is 9.59 Å². The van der Waals surface area contributed by atoms with Crippen molar-refractivity contribution in [2.45, 2.75) is 52.1 Å². The highest BCUT2D eigenvalue weighted by Gasteiger charge is 2.18. The molecule has 5 nitrogen and oxygen atoms in total. The first-order valence-corrected chi connectivity index (χ1v) is 7.92. The van der Waals surface area contributed by atoms with Crippen molar-refractivity contribution in [3.8, 4) is 0 Å². The van der Waals surface area contributed by atoms with Crippen LogP contribution < -0.4 is 10.9 Å². The van der Waals surface area contributed by atoms with Crippen molar-refractivity contribution < 1.29 is 4.79 Å². The van der Waals surface area contributed by atoms with Crippen molar-refractivity contribution in [1.29, 1.82) is 0 Å². The Balaban J connectivity index is 1.97. The molecule has 0 saturated heterocycles. The minimum absolute atomic E-state index is 0.0532. The number of fused-ring (bicyclic) bond motifs is 1. The lowest BCUT2D eigenvalue weighted by molar-refractivity contribution is 0.0938. The highest BCUT2D eigenvalue weighted by molar-refractivity contribution is 5.97. The molecule has 1 N–H and O–H groups in total. The fourth-order valence-electron chi connectivity index (χ4n) is 3.17. The van der Waals surface area contributed by atoms with Gasteiger partial charge in [-0.1, -0.05) is 12.8 Å². The molecule has 1 fully saturated rings. The number of aryl methyl sites for hydroxylation is 2. The van der Waals surface area contributed by atoms with Gasteiger partial charge in [-0.25, -0.2) is 4.98 Å². The second-order valence-electron chi connectivity index (χ2n) is 5.90. The van der Waals surface area contributed by atoms with Gasteiger partial charge in [0.2, 0.25) is 0 Å². The van der Waals surface area contributed by atoms with Crippen molar-refractivity contribution in [2.24, 2.45) is 0 Å². The molecule has 1 aliphatic carbocycles. The number of aromatic nitrogens is 2. The van der Waals surface area contributed by atoms with Crippen LogP contribution >= 0.6 is 0 Å². The van der Waals surface area contributed by atoms with E-state index in [2.05, 4.69) is 10.3 Å². The first-order valence-electron chi connectivity index (χ1n) is 7.92. The molecule has 0 unspecified atom stereocenters. The maximum Gasteiger partial charge on any atom is 0.272 e. The summed E-state index contributed by atoms with van der Waals surface area (Å²) in [6.45, 7) is 4.23. The van der Waals surface area contributed by atoms with Crippen LogP contribution in [-0.2, 0) is 6.54 Å². The van der Waals surface area contributed by atoms with E-state index in [4.69, 9.17) is 0 Å². The molecule has 1 saturated carbocycles. The third-order valence-corrected chi connectivity index (χ3v) is 4.38. The topological polar surface area (TPSA) is 64.0 Å². The lowest BCUT2D eigenvalue weighted by atomic mass is 10.1. The highest BCUT2D eigenvalue weighted by atomic mass is 16.1. The van der Waals surface area contributed by atoms with Crippen molar-refractivity contribution in [3.63, 3.8) is 0 Å². The molecule has 1 heterocycles. The third-order valence-electron chi connectivity index (χ3n) is 4.38. The summed E-state index contributed by atoms with van der Waals surface area (Å²) >= 11 is 0. The average molecular weight is 299 g/mol. The van der Waals surface area contributed by atoms with E-state index in [1.807, 2.05) is 13.0 Å². The van der Waals surface area contributed by atoms with E-state index in [1.54, 1.807) is 23.6 Å². The Morgan fingerprint density at radius 3 is 2.77 bits per heavy atom. The van der Waals surface area contributed by atoms with Crippen LogP contribution in [0.1, 0.15) is 48.7 Å². The number of hydrogen-bond acceptors (Lipinski definition) is 3. The number of nitrogens with zero attached hydrogens (tertiary/aromatic N) is 2. The fourth-order valence-corrected chi connectivity index (χ4v) is 3.17. The minimum Gasteiger partial charge on any atom is -0.349 e. The van der Waals surface area contributed by atoms with Gasteiger partial charge in [0, 0.05) is 18.2 Å². The van der Waals surface area contributed by atoms with E-state index in [1.165, 1.54) is 12.8 Å². The number of nitrogens with one attached hydrogen (secondary N) is 1. The molecule has 3 rings (SSSR count). The van der Waals surface area contributed by atoms with E-state index in [0.717, 1.165) is 18.4 Å². The zero-order valence-corrected chi connectivity index (χ0v) is 13.1. The van der Waals surface area contributed by atoms with E-state index < -0.39 is 0 Å². The van der Waals surface area contributed by atoms with Gasteiger partial charge in [0.1, 0.15) is 5.69 Å². The number of benzene rings is 1. The Bertz CT molecular complexity index is 773. The molecule has 0 atom stereocenters. The quantitative estimate of drug-likeness (QED) is 0.946. The van der Waals surface area contributed by atoms with Crippen LogP contribution in [0.4, 0.5) is 0 Å². The largest absolute Gasteiger partial charge is 0.349 e. The number of carbonyl (C=O) groups is 1. The van der Waals surface area contributed by atoms with Crippen molar-refractivity contribution in [3.05, 3.63) is 39.8 Å². The van der Waals surface area contributed by atoms with Crippen molar-refractivity contribution >= 4 is 16.9 Å². The first-order chi connectivity index (χ1) is 10.6. The molecule has 5 heteroatoms. The van der Waals surface area contributed by atoms with Crippen LogP contribution in [-0.4, -0.2) is 21.5 Å². The summed E-state index contributed by atoms with van der Waals surface area (Å²) < 4.78 is 1.69. The van der Waals surface area contributed by atoms with Gasteiger partial charge in [-0.05, 0) is 44.9 Å². The summed E-state index contributed by atoms with van der Waals surface area (Å²) in [7, 11) is 0. The van der Waals surface area contributed by atoms with Crippen molar-refractivity contribution in [2.75, 3.05) is 0 Å². The Hall–Kier alpha value is -2.17. The van der Waals surface area contributed by atoms with E-state index in [-0.39, 0.29) is 11.5 Å². The van der Waals surface area contributed by atoms with Gasteiger partial charge >= 0.3 is 0 Å². The Kier molecular flexibility index (Phi) is 3.96. The summed E-state index contributed by atoms with van der Waals surface area (Å²) in [6, 6.07) is 5.66. The predicted octanol–water partition coefficient (Wildman–Crippen LogP) is 2.40. The summed E-state index contributed by atoms with van der Waals surface area (Å²) in [5.74, 6) is -0.0532. The molecule has 0 spiro atoms. The van der Waals surface area contributed by atoms with Gasteiger partial charge in [0.25, 0.3) is 11.5 Å². The number of hydrogen-bond donors (Lipinski definition) is 1. The van der Waals surface area contributed by atoms with Gasteiger partial charge in [-0.2, -0.15) is 0 Å². The van der Waals surface area contributed by atoms with Crippen LogP contribution in [0.25, 0.3) is 11.0 Å². The molecule has 0 aliphatic heterocycles. The monoisotopic (exact) mass is 299 g/mol. The normalized spacial score (nSPS) is 15.4. The predicted molar refractivity (Wildman–Crippen MR) is 86.1 cm³/mol. The first kappa shape index (κ1) is 14.8. The van der Waals surface area contributed by atoms with Gasteiger partial charge < -0.3 is 9.88 Å². The lowest BCUT2D eigenvalue weighted by Crippen LogP contribution is -2.32. The summed E-state index contributed by atoms with van der Waals surface area (Å²) in [5, 5.41) is 3.08. The maximum absolute atomic E-state index is 12.3. The standard InChI is InChI=1S/C17H21N3O2/c1-3-20-15-9-8-12(10-14(15)18-11(2)17(20)22)16(21)19-13-6-4-5-7-13/h8-10,13H,3-7H2,1-2H3,(H,19,21). The Morgan fingerprint density at radius 1 is 1.36 bits per heavy atom. The molecule has 1 aliphatic rings. The molecular formula is C17H21N3O2. The molecule has 2 aromatic rings. The van der Waals surface area contributed by atoms with E-state index in [0.29, 0.717) is 29.4 Å². The zero-order chi connectivity index (χ0) is 15.7. The summed E-state index contributed by atoms with van der Waals surface area (Å²) in [5.41, 5.74) is 2.46. The van der Waals surface area contributed by atoms with Gasteiger partial charge in [0.05, 0.1) is 11.0 Å². The molecular weight excluding hydrogens is 278 g/mol. The molecule has 116 valence electrons. The van der Waals surface area contributed by atoms with Gasteiger partial charge in [0.15, 0.2) is 0 Å². The molecule has 22 heavy (non-hydrogen) atoms. The SMILES string of the molecule is CCn1c(=O)c(C)nc2cc(C(=O)NC3CCCC3)ccc21. The van der Waals surface area contributed by atoms with Crippen molar-refractivity contribution in [1.82, 2.24) is 14.9 Å². The minimum atomic E-state index is -0.0712. The zero-order valence-electron chi connectivity index (χ0n) is 13.1. The maximum atomic E-state index is 12.3. The number of amides is 1. The number of carbonyl (C=O) groups excluding carboxylic acids is 1. The summed E-state index contributed by atoms with van der Waals surface area (Å²) in [6.07, 6.45) is 4.50. The van der Waals surface area contributed by atoms with Gasteiger partial charge in [-0.15, -0.1) is 0 Å². The third kappa shape index (κ3) is 2.63. The molecule has 0 bridgehead atoms. The summed E-state index contributed by atoms with van der Waals surface area (Å²) in [4.78, 5) is 28.8. The van der Waals surface area contributed by atoms with Crippen LogP contribution in [0, 0.1) is 6.92 Å². The second-order valence-corrected chi connectivity index (χ2v) is 5.90. The fraction of sp³-hybridized carbons (Fsp3) is 0.471. The lowest BCUT2D eigenvalue weighted by Gasteiger charge is -2.13. The van der Waals surface area contributed by atoms with E-state index >= 15 is 0 Å². The molecule has 1 aromatic carbocycles. The van der Waals surface area contributed by atoms with Crippen LogP contribution in [0.15, 0.2) is 23.0 Å². The Labute approximate surface area is 129 Å². The van der Waals surface area contributed by atoms with Crippen LogP contribution in [0.5, 0.6) is 0 Å². The van der Waals surface area contributed by atoms with Gasteiger partial charge in [-0.3, -0.25) is 9.59 Å². The van der Waals surface area contributed by atoms with Crippen LogP contribution in [0.3, 0.4) is 0 Å². The van der Waals surface area contributed by atoms with Crippen LogP contribution in [0.2, 0.25) is 0 Å². The Morgan fingerprint density at radius 2 is 2.09 bits per heavy atom. The second kappa shape index (κ2) is 5.91. The molecule has 1 amide bonds. The highest BCUT2D eigenvalue weighted by Crippen LogP contribution is 2.19. The number of rotatable bonds is 3. The molecule has 0 radical (unpaired) electrons.